The lowest BCUT2D eigenvalue weighted by Gasteiger charge is -2.72. The summed E-state index contributed by atoms with van der Waals surface area (Å²) in [6, 6.07) is 0.167. The third-order valence-electron chi connectivity index (χ3n) is 15.9. The van der Waals surface area contributed by atoms with E-state index >= 15 is 0 Å². The average Bonchev–Trinajstić information content (AvgIpc) is 3.32. The van der Waals surface area contributed by atoms with Crippen LogP contribution in [0.5, 0.6) is 0 Å². The third-order valence-corrected chi connectivity index (χ3v) is 15.9. The van der Waals surface area contributed by atoms with Crippen molar-refractivity contribution >= 4 is 23.6 Å². The van der Waals surface area contributed by atoms with Crippen LogP contribution in [0.25, 0.3) is 0 Å². The number of ether oxygens (including phenoxy) is 1. The molecule has 0 aromatic heterocycles. The summed E-state index contributed by atoms with van der Waals surface area (Å²) >= 11 is 0. The number of ketones is 1. The number of carbonyl (C=O) groups excluding carboxylic acids is 3. The van der Waals surface area contributed by atoms with Gasteiger partial charge in [-0.3, -0.25) is 19.2 Å². The first kappa shape index (κ1) is 36.6. The van der Waals surface area contributed by atoms with Crippen molar-refractivity contribution in [1.29, 1.82) is 0 Å². The summed E-state index contributed by atoms with van der Waals surface area (Å²) in [6.45, 7) is 21.4. The summed E-state index contributed by atoms with van der Waals surface area (Å²) in [5.41, 5.74) is 0.126. The molecule has 1 saturated heterocycles. The van der Waals surface area contributed by atoms with Crippen LogP contribution in [0.3, 0.4) is 0 Å². The van der Waals surface area contributed by atoms with Gasteiger partial charge in [0.25, 0.3) is 0 Å². The van der Waals surface area contributed by atoms with Crippen LogP contribution in [0.4, 0.5) is 0 Å². The van der Waals surface area contributed by atoms with Crippen LogP contribution in [0.15, 0.2) is 11.1 Å². The monoisotopic (exact) mass is 680 g/mol. The first-order valence-corrected chi connectivity index (χ1v) is 19.5. The maximum Gasteiger partial charge on any atom is 0.309 e. The Bertz CT molecular complexity index is 1420. The van der Waals surface area contributed by atoms with Gasteiger partial charge in [-0.2, -0.15) is 0 Å². The molecule has 0 bridgehead atoms. The fourth-order valence-electron chi connectivity index (χ4n) is 13.0. The van der Waals surface area contributed by atoms with Crippen LogP contribution >= 0.6 is 0 Å². The number of piperidine rings is 1. The maximum atomic E-state index is 14.5. The Labute approximate surface area is 294 Å². The van der Waals surface area contributed by atoms with Crippen LogP contribution < -0.4 is 10.6 Å². The van der Waals surface area contributed by atoms with Gasteiger partial charge in [-0.25, -0.2) is 0 Å². The molecule has 3 N–H and O–H groups in total. The van der Waals surface area contributed by atoms with Gasteiger partial charge in [0.05, 0.1) is 17.3 Å². The van der Waals surface area contributed by atoms with Gasteiger partial charge in [0.1, 0.15) is 6.10 Å². The highest BCUT2D eigenvalue weighted by atomic mass is 16.5. The summed E-state index contributed by atoms with van der Waals surface area (Å²) in [5.74, 6) is 0.0514. The molecule has 3 unspecified atom stereocenters. The minimum absolute atomic E-state index is 0.0294. The van der Waals surface area contributed by atoms with Gasteiger partial charge in [-0.1, -0.05) is 48.5 Å². The Morgan fingerprint density at radius 1 is 0.898 bits per heavy atom. The number of nitrogens with one attached hydrogen (secondary N) is 2. The number of hydrogen-bond donors (Lipinski definition) is 3. The van der Waals surface area contributed by atoms with Crippen molar-refractivity contribution in [3.05, 3.63) is 11.1 Å². The topological polar surface area (TPSA) is 122 Å². The number of Topliss-reactive ketones (excluding diaryl/α,β-unsaturated/α-hetero) is 1. The summed E-state index contributed by atoms with van der Waals surface area (Å²) in [7, 11) is 0. The zero-order valence-corrected chi connectivity index (χ0v) is 31.9. The Hall–Kier alpha value is -2.22. The van der Waals surface area contributed by atoms with Gasteiger partial charge < -0.3 is 20.5 Å². The van der Waals surface area contributed by atoms with Crippen LogP contribution in [0.1, 0.15) is 139 Å². The molecule has 8 atom stereocenters. The molecule has 6 aliphatic rings. The molecule has 0 aromatic carbocycles. The molecule has 1 amide bonds. The van der Waals surface area contributed by atoms with Gasteiger partial charge in [-0.05, 0) is 142 Å². The standard InChI is InChI=1S/C41H64N2O6/c1-24(2)32-27(44)22-41(34(46)43-25-14-20-42-21-15-25)19-18-39(8)26(33(32)41)10-11-29-38(7)16-13-30(49-31(45)23-36(3,4)35(47)48)37(5,6)28(38)12-17-40(29,39)9/h24-26,28-30,42H,10-23H2,1-9H3,(H,43,46)(H,47,48)/t26?,28?,29?,30-,38-,39+,40+,41+/m0/s1. The highest BCUT2D eigenvalue weighted by Crippen LogP contribution is 2.76. The molecule has 5 fully saturated rings. The fourth-order valence-corrected chi connectivity index (χ4v) is 13.0. The number of carboxylic acid groups (broad SMARTS) is 1. The molecule has 0 spiro atoms. The summed E-state index contributed by atoms with van der Waals surface area (Å²) in [6.07, 6.45) is 9.48. The molecule has 274 valence electrons. The molecule has 4 saturated carbocycles. The molecule has 49 heavy (non-hydrogen) atoms. The quantitative estimate of drug-likeness (QED) is 0.242. The lowest BCUT2D eigenvalue weighted by atomic mass is 9.33. The highest BCUT2D eigenvalue weighted by Gasteiger charge is 2.71. The molecule has 6 rings (SSSR count). The molecular formula is C41H64N2O6. The van der Waals surface area contributed by atoms with Gasteiger partial charge in [0.15, 0.2) is 5.78 Å². The number of amides is 1. The van der Waals surface area contributed by atoms with E-state index in [4.69, 9.17) is 4.74 Å². The van der Waals surface area contributed by atoms with Crippen molar-refractivity contribution < 1.29 is 29.0 Å². The Balaban J connectivity index is 1.29. The number of hydrogen-bond acceptors (Lipinski definition) is 6. The largest absolute Gasteiger partial charge is 0.481 e. The van der Waals surface area contributed by atoms with Crippen molar-refractivity contribution in [3.63, 3.8) is 0 Å². The van der Waals surface area contributed by atoms with Crippen LogP contribution in [0, 0.1) is 56.2 Å². The van der Waals surface area contributed by atoms with Gasteiger partial charge in [0.2, 0.25) is 5.91 Å². The number of rotatable bonds is 7. The molecule has 0 radical (unpaired) electrons. The third kappa shape index (κ3) is 5.46. The summed E-state index contributed by atoms with van der Waals surface area (Å²) in [5, 5.41) is 16.5. The second-order valence-corrected chi connectivity index (χ2v) is 19.5. The van der Waals surface area contributed by atoms with Gasteiger partial charge in [0, 0.05) is 17.9 Å². The van der Waals surface area contributed by atoms with E-state index in [2.05, 4.69) is 59.1 Å². The predicted molar refractivity (Wildman–Crippen MR) is 189 cm³/mol. The zero-order valence-electron chi connectivity index (χ0n) is 31.9. The first-order chi connectivity index (χ1) is 22.7. The molecular weight excluding hydrogens is 616 g/mol. The number of aliphatic carboxylic acids is 1. The van der Waals surface area contributed by atoms with E-state index in [1.54, 1.807) is 13.8 Å². The molecule has 0 aromatic rings. The van der Waals surface area contributed by atoms with E-state index in [1.807, 2.05) is 0 Å². The SMILES string of the molecule is CC(C)C1=C2C3CCC4[C@@]5(C)CC[C@H](OC(=O)CC(C)(C)C(=O)O)C(C)(C)C5CC[C@@]4(C)[C@]3(C)CC[C@@]2(C(=O)NC2CCNCC2)CC1=O. The van der Waals surface area contributed by atoms with E-state index in [1.165, 1.54) is 5.57 Å². The minimum atomic E-state index is -1.16. The summed E-state index contributed by atoms with van der Waals surface area (Å²) < 4.78 is 6.15. The normalized spacial score (nSPS) is 40.6. The van der Waals surface area contributed by atoms with Crippen LogP contribution in [0.2, 0.25) is 0 Å². The summed E-state index contributed by atoms with van der Waals surface area (Å²) in [4.78, 5) is 53.2. The number of allylic oxidation sites excluding steroid dienone is 1. The Morgan fingerprint density at radius 2 is 1.57 bits per heavy atom. The second kappa shape index (κ2) is 12.2. The number of fused-ring (bicyclic) bond motifs is 7. The smallest absolute Gasteiger partial charge is 0.309 e. The van der Waals surface area contributed by atoms with E-state index in [0.29, 0.717) is 18.3 Å². The van der Waals surface area contributed by atoms with Crippen molar-refractivity contribution in [3.8, 4) is 0 Å². The van der Waals surface area contributed by atoms with Crippen molar-refractivity contribution in [2.75, 3.05) is 13.1 Å². The second-order valence-electron chi connectivity index (χ2n) is 19.5. The van der Waals surface area contributed by atoms with Crippen molar-refractivity contribution in [2.24, 2.45) is 56.2 Å². The average molecular weight is 681 g/mol. The lowest BCUT2D eigenvalue weighted by molar-refractivity contribution is -0.233. The highest BCUT2D eigenvalue weighted by molar-refractivity contribution is 6.07. The lowest BCUT2D eigenvalue weighted by Crippen LogP contribution is -2.66. The van der Waals surface area contributed by atoms with Gasteiger partial charge in [-0.15, -0.1) is 0 Å². The fraction of sp³-hybridized carbons (Fsp3) is 0.854. The molecule has 1 heterocycles. The Morgan fingerprint density at radius 3 is 2.20 bits per heavy atom. The molecule has 1 aliphatic heterocycles. The number of esters is 1. The van der Waals surface area contributed by atoms with Gasteiger partial charge >= 0.3 is 11.9 Å². The van der Waals surface area contributed by atoms with E-state index in [0.717, 1.165) is 82.9 Å². The Kier molecular flexibility index (Phi) is 9.10. The number of carbonyl (C=O) groups is 4. The molecule has 8 heteroatoms. The maximum absolute atomic E-state index is 14.5. The first-order valence-electron chi connectivity index (χ1n) is 19.5. The van der Waals surface area contributed by atoms with E-state index in [-0.39, 0.29) is 63.8 Å². The van der Waals surface area contributed by atoms with Crippen molar-refractivity contribution in [2.45, 2.75) is 152 Å². The van der Waals surface area contributed by atoms with E-state index < -0.39 is 22.8 Å². The number of carboxylic acids is 1. The molecule has 8 nitrogen and oxygen atoms in total. The minimum Gasteiger partial charge on any atom is -0.481 e. The van der Waals surface area contributed by atoms with E-state index in [9.17, 15) is 24.3 Å². The van der Waals surface area contributed by atoms with Crippen LogP contribution in [-0.2, 0) is 23.9 Å². The van der Waals surface area contributed by atoms with Crippen LogP contribution in [-0.4, -0.2) is 54.0 Å². The zero-order chi connectivity index (χ0) is 35.9. The van der Waals surface area contributed by atoms with Crippen molar-refractivity contribution in [1.82, 2.24) is 10.6 Å². The predicted octanol–water partition coefficient (Wildman–Crippen LogP) is 7.25. The molecule has 5 aliphatic carbocycles.